The summed E-state index contributed by atoms with van der Waals surface area (Å²) in [7, 11) is 0.815. The minimum atomic E-state index is -0.250. The molecule has 0 fully saturated rings. The van der Waals surface area contributed by atoms with E-state index in [1.165, 1.54) is 19.2 Å². The smallest absolute Gasteiger partial charge is 0.0521 e. The Bertz CT molecular complexity index is 60.1. The molecule has 0 saturated carbocycles. The third-order valence-electron chi connectivity index (χ3n) is 0.577. The first-order valence-corrected chi connectivity index (χ1v) is 5.18. The molecule has 9 heavy (non-hydrogen) atoms. The number of carbonyl (C=O) groups excluding carboxylic acids is 1. The largest absolute Gasteiger partial charge is 0.742 e. The molecular formula is C6H15OPS. The van der Waals surface area contributed by atoms with Gasteiger partial charge >= 0.3 is 0 Å². The van der Waals surface area contributed by atoms with Gasteiger partial charge in [0, 0.05) is 5.12 Å². The monoisotopic (exact) mass is 166 g/mol. The van der Waals surface area contributed by atoms with Crippen LogP contribution in [0.25, 0.3) is 0 Å². The minimum absolute atomic E-state index is 0.250. The molecular weight excluding hydrogens is 151 g/mol. The zero-order valence-electron chi connectivity index (χ0n) is 6.31. The molecule has 0 bridgehead atoms. The van der Waals surface area contributed by atoms with Gasteiger partial charge in [0.05, 0.1) is 12.3 Å². The maximum atomic E-state index is 9.26. The first-order valence-electron chi connectivity index (χ1n) is 3.14. The topological polar surface area (TPSA) is 17.1 Å². The van der Waals surface area contributed by atoms with Crippen LogP contribution in [0.1, 0.15) is 20.8 Å². The first-order chi connectivity index (χ1) is 4.15. The summed E-state index contributed by atoms with van der Waals surface area (Å²) in [4.78, 5) is 9.26. The van der Waals surface area contributed by atoms with Crippen LogP contribution in [-0.2, 0) is 17.4 Å². The van der Waals surface area contributed by atoms with Gasteiger partial charge in [0.2, 0.25) is 0 Å². The Hall–Kier alpha value is 0.320. The second kappa shape index (κ2) is 11.2. The van der Waals surface area contributed by atoms with Gasteiger partial charge in [-0.25, -0.2) is 0 Å². The molecule has 0 heterocycles. The van der Waals surface area contributed by atoms with Crippen molar-refractivity contribution >= 4 is 26.3 Å². The summed E-state index contributed by atoms with van der Waals surface area (Å²) in [6, 6.07) is 0. The summed E-state index contributed by atoms with van der Waals surface area (Å²) in [5.41, 5.74) is 0. The molecule has 0 aliphatic rings. The lowest BCUT2D eigenvalue weighted by Gasteiger charge is -1.82. The molecule has 0 radical (unpaired) electrons. The molecule has 0 aliphatic heterocycles. The fourth-order valence-electron chi connectivity index (χ4n) is 0.289. The van der Waals surface area contributed by atoms with E-state index in [-0.39, 0.29) is 5.12 Å². The van der Waals surface area contributed by atoms with E-state index in [1.54, 1.807) is 0 Å². The average molecular weight is 166 g/mol. The highest BCUT2D eigenvalue weighted by Gasteiger charge is 1.75. The van der Waals surface area contributed by atoms with Gasteiger partial charge in [0.1, 0.15) is 0 Å². The summed E-state index contributed by atoms with van der Waals surface area (Å²) in [5.74, 6) is 0. The van der Waals surface area contributed by atoms with Gasteiger partial charge in [-0.05, 0) is 29.4 Å². The number of hydrogen-bond acceptors (Lipinski definition) is 2. The van der Waals surface area contributed by atoms with Crippen molar-refractivity contribution in [3.63, 3.8) is 0 Å². The quantitative estimate of drug-likeness (QED) is 0.457. The highest BCUT2D eigenvalue weighted by atomic mass is 32.1. The van der Waals surface area contributed by atoms with Crippen molar-refractivity contribution in [1.82, 2.24) is 0 Å². The number of hydrogen-bond donors (Lipinski definition) is 0. The average Bonchev–Trinajstić information content (AvgIpc) is 1.66. The summed E-state index contributed by atoms with van der Waals surface area (Å²) in [6.07, 6.45) is 2.85. The van der Waals surface area contributed by atoms with Crippen molar-refractivity contribution < 1.29 is 4.79 Å². The third kappa shape index (κ3) is 61.7. The van der Waals surface area contributed by atoms with Gasteiger partial charge in [-0.2, -0.15) is 0 Å². The Morgan fingerprint density at radius 1 is 1.44 bits per heavy atom. The van der Waals surface area contributed by atoms with Crippen molar-refractivity contribution in [2.24, 2.45) is 0 Å². The maximum absolute atomic E-state index is 9.26. The molecule has 0 unspecified atom stereocenters. The fourth-order valence-corrected chi connectivity index (χ4v) is 0.866. The SMILES string of the molecule is CC(=O)[S-].CC[PH2+]CC. The Balaban J connectivity index is 0. The molecule has 0 spiro atoms. The van der Waals surface area contributed by atoms with Crippen LogP contribution in [0.4, 0.5) is 0 Å². The Morgan fingerprint density at radius 3 is 1.67 bits per heavy atom. The summed E-state index contributed by atoms with van der Waals surface area (Å²) >= 11 is 3.98. The van der Waals surface area contributed by atoms with E-state index in [9.17, 15) is 4.79 Å². The molecule has 56 valence electrons. The van der Waals surface area contributed by atoms with Crippen molar-refractivity contribution in [3.8, 4) is 0 Å². The Morgan fingerprint density at radius 2 is 1.67 bits per heavy atom. The van der Waals surface area contributed by atoms with Crippen LogP contribution in [0.15, 0.2) is 0 Å². The molecule has 0 atom stereocenters. The molecule has 3 heteroatoms. The second-order valence-electron chi connectivity index (χ2n) is 1.60. The van der Waals surface area contributed by atoms with E-state index in [1.807, 2.05) is 0 Å². The molecule has 1 nitrogen and oxygen atoms in total. The van der Waals surface area contributed by atoms with E-state index in [4.69, 9.17) is 0 Å². The third-order valence-corrected chi connectivity index (χ3v) is 1.73. The van der Waals surface area contributed by atoms with Crippen molar-refractivity contribution in [2.75, 3.05) is 12.3 Å². The maximum Gasteiger partial charge on any atom is 0.0521 e. The molecule has 0 aliphatic carbocycles. The predicted octanol–water partition coefficient (Wildman–Crippen LogP) is 1.52. The molecule has 0 aromatic heterocycles. The lowest BCUT2D eigenvalue weighted by molar-refractivity contribution is -0.109. The Kier molecular flexibility index (Phi) is 14.9. The Labute approximate surface area is 64.8 Å². The lowest BCUT2D eigenvalue weighted by Crippen LogP contribution is -1.72. The van der Waals surface area contributed by atoms with E-state index >= 15 is 0 Å². The molecule has 0 aromatic carbocycles. The number of carbonyl (C=O) groups is 1. The van der Waals surface area contributed by atoms with Gasteiger partial charge < -0.3 is 17.4 Å². The van der Waals surface area contributed by atoms with Crippen LogP contribution in [0, 0.1) is 0 Å². The van der Waals surface area contributed by atoms with Crippen molar-refractivity contribution in [3.05, 3.63) is 0 Å². The van der Waals surface area contributed by atoms with Gasteiger partial charge in [0.25, 0.3) is 0 Å². The zero-order valence-corrected chi connectivity index (χ0v) is 8.28. The van der Waals surface area contributed by atoms with Gasteiger partial charge in [-0.1, -0.05) is 0 Å². The van der Waals surface area contributed by atoms with Crippen molar-refractivity contribution in [2.45, 2.75) is 20.8 Å². The summed E-state index contributed by atoms with van der Waals surface area (Å²) in [5, 5.41) is -0.250. The van der Waals surface area contributed by atoms with Crippen LogP contribution < -0.4 is 0 Å². The minimum Gasteiger partial charge on any atom is -0.742 e. The predicted molar refractivity (Wildman–Crippen MR) is 48.8 cm³/mol. The second-order valence-corrected chi connectivity index (χ2v) is 4.38. The molecule has 0 saturated heterocycles. The standard InChI is InChI=1S/C4H11P.C2H4OS/c1-3-5-4-2;1-2(3)4/h5H,3-4H2,1-2H3;1H3,(H,3,4). The van der Waals surface area contributed by atoms with Gasteiger partial charge in [-0.15, -0.1) is 0 Å². The zero-order chi connectivity index (χ0) is 7.70. The lowest BCUT2D eigenvalue weighted by atomic mass is 10.9. The molecule has 0 N–H and O–H groups in total. The van der Waals surface area contributed by atoms with E-state index in [0.29, 0.717) is 0 Å². The van der Waals surface area contributed by atoms with Crippen LogP contribution in [0.5, 0.6) is 0 Å². The van der Waals surface area contributed by atoms with E-state index < -0.39 is 0 Å². The van der Waals surface area contributed by atoms with Crippen LogP contribution in [0.2, 0.25) is 0 Å². The first kappa shape index (κ1) is 12.0. The van der Waals surface area contributed by atoms with E-state index in [2.05, 4.69) is 26.5 Å². The highest BCUT2D eigenvalue weighted by molar-refractivity contribution is 7.76. The fraction of sp³-hybridized carbons (Fsp3) is 0.833. The van der Waals surface area contributed by atoms with E-state index in [0.717, 1.165) is 8.58 Å². The normalized spacial score (nSPS) is 7.44. The summed E-state index contributed by atoms with van der Waals surface area (Å²) < 4.78 is 0. The molecule has 0 amide bonds. The van der Waals surface area contributed by atoms with Crippen LogP contribution >= 0.6 is 8.58 Å². The number of rotatable bonds is 2. The van der Waals surface area contributed by atoms with Crippen LogP contribution in [-0.4, -0.2) is 17.4 Å². The highest BCUT2D eigenvalue weighted by Crippen LogP contribution is 2.03. The van der Waals surface area contributed by atoms with Crippen LogP contribution in [0.3, 0.4) is 0 Å². The van der Waals surface area contributed by atoms with Gasteiger partial charge in [0.15, 0.2) is 0 Å². The molecule has 0 aromatic rings. The summed E-state index contributed by atoms with van der Waals surface area (Å²) in [6.45, 7) is 5.84. The van der Waals surface area contributed by atoms with Crippen molar-refractivity contribution in [1.29, 1.82) is 0 Å². The van der Waals surface area contributed by atoms with Gasteiger partial charge in [-0.3, -0.25) is 0 Å². The molecule has 0 rings (SSSR count).